The summed E-state index contributed by atoms with van der Waals surface area (Å²) in [7, 11) is 1.43. The molecule has 0 aliphatic carbocycles. The van der Waals surface area contributed by atoms with Gasteiger partial charge in [0, 0.05) is 12.3 Å². The van der Waals surface area contributed by atoms with E-state index in [1.807, 2.05) is 0 Å². The van der Waals surface area contributed by atoms with Crippen molar-refractivity contribution < 1.29 is 13.5 Å². The average molecular weight is 263 g/mol. The summed E-state index contributed by atoms with van der Waals surface area (Å²) >= 11 is 0. The van der Waals surface area contributed by atoms with Gasteiger partial charge >= 0.3 is 0 Å². The van der Waals surface area contributed by atoms with Crippen LogP contribution in [0.4, 0.5) is 14.5 Å². The number of halogens is 2. The number of aromatic nitrogens is 1. The van der Waals surface area contributed by atoms with E-state index in [1.54, 1.807) is 12.1 Å². The van der Waals surface area contributed by atoms with Crippen LogP contribution in [-0.2, 0) is 0 Å². The molecule has 98 valence electrons. The number of pyridine rings is 1. The van der Waals surface area contributed by atoms with Gasteiger partial charge in [0.15, 0.2) is 0 Å². The Morgan fingerprint density at radius 3 is 2.79 bits per heavy atom. The van der Waals surface area contributed by atoms with Crippen LogP contribution in [0.3, 0.4) is 0 Å². The molecule has 0 radical (unpaired) electrons. The quantitative estimate of drug-likeness (QED) is 0.661. The van der Waals surface area contributed by atoms with Gasteiger partial charge in [0.25, 0.3) is 0 Å². The Hall–Kier alpha value is -2.50. The minimum absolute atomic E-state index is 0.0114. The summed E-state index contributed by atoms with van der Waals surface area (Å²) in [5.74, 6) is -1.28. The highest BCUT2D eigenvalue weighted by Crippen LogP contribution is 2.19. The lowest BCUT2D eigenvalue weighted by Crippen LogP contribution is -2.14. The number of rotatable bonds is 3. The third-order valence-electron chi connectivity index (χ3n) is 2.42. The normalized spacial score (nSPS) is 10.1. The molecule has 0 saturated heterocycles. The van der Waals surface area contributed by atoms with E-state index in [1.165, 1.54) is 19.4 Å². The van der Waals surface area contributed by atoms with E-state index >= 15 is 0 Å². The third-order valence-corrected chi connectivity index (χ3v) is 2.42. The molecule has 0 bridgehead atoms. The lowest BCUT2D eigenvalue weighted by molar-refractivity contribution is 0.397. The molecule has 4 nitrogen and oxygen atoms in total. The summed E-state index contributed by atoms with van der Waals surface area (Å²) in [6.07, 6.45) is 1.52. The Morgan fingerprint density at radius 1 is 1.32 bits per heavy atom. The number of ether oxygens (including phenoxy) is 1. The molecule has 0 saturated carbocycles. The van der Waals surface area contributed by atoms with Crippen molar-refractivity contribution >= 4 is 11.5 Å². The Balaban J connectivity index is 2.26. The zero-order chi connectivity index (χ0) is 13.8. The number of amidine groups is 1. The molecule has 0 amide bonds. The minimum Gasteiger partial charge on any atom is -0.480 e. The topological polar surface area (TPSA) is 58.0 Å². The van der Waals surface area contributed by atoms with E-state index < -0.39 is 11.6 Å². The van der Waals surface area contributed by atoms with Crippen LogP contribution < -0.4 is 10.1 Å². The largest absolute Gasteiger partial charge is 0.480 e. The van der Waals surface area contributed by atoms with E-state index in [2.05, 4.69) is 10.3 Å². The number of nitrogens with zero attached hydrogens (tertiary/aromatic N) is 1. The van der Waals surface area contributed by atoms with E-state index in [0.29, 0.717) is 5.56 Å². The van der Waals surface area contributed by atoms with E-state index in [4.69, 9.17) is 10.1 Å². The first kappa shape index (κ1) is 12.9. The fourth-order valence-electron chi connectivity index (χ4n) is 1.54. The van der Waals surface area contributed by atoms with Crippen molar-refractivity contribution in [3.8, 4) is 5.88 Å². The highest BCUT2D eigenvalue weighted by molar-refractivity contribution is 6.07. The summed E-state index contributed by atoms with van der Waals surface area (Å²) in [6.45, 7) is 0. The zero-order valence-electron chi connectivity index (χ0n) is 10.1. The van der Waals surface area contributed by atoms with Gasteiger partial charge in [-0.05, 0) is 24.3 Å². The summed E-state index contributed by atoms with van der Waals surface area (Å²) < 4.78 is 31.2. The van der Waals surface area contributed by atoms with Crippen LogP contribution in [0.1, 0.15) is 5.56 Å². The lowest BCUT2D eigenvalue weighted by Gasteiger charge is -2.11. The Bertz CT molecular complexity index is 617. The van der Waals surface area contributed by atoms with Gasteiger partial charge in [-0.15, -0.1) is 0 Å². The average Bonchev–Trinajstić information content (AvgIpc) is 2.41. The highest BCUT2D eigenvalue weighted by Gasteiger charge is 2.11. The van der Waals surface area contributed by atoms with Crippen molar-refractivity contribution in [2.45, 2.75) is 0 Å². The van der Waals surface area contributed by atoms with Crippen LogP contribution in [0.5, 0.6) is 5.88 Å². The molecule has 2 aromatic rings. The van der Waals surface area contributed by atoms with E-state index in [9.17, 15) is 8.78 Å². The summed E-state index contributed by atoms with van der Waals surface area (Å²) in [4.78, 5) is 3.94. The SMILES string of the molecule is COc1ncccc1C(=N)Nc1ccc(F)cc1F. The van der Waals surface area contributed by atoms with Gasteiger partial charge in [0.05, 0.1) is 18.4 Å². The lowest BCUT2D eigenvalue weighted by atomic mass is 10.2. The molecule has 0 aliphatic rings. The first-order chi connectivity index (χ1) is 9.11. The molecule has 1 aromatic heterocycles. The van der Waals surface area contributed by atoms with Gasteiger partial charge in [0.2, 0.25) is 5.88 Å². The predicted molar refractivity (Wildman–Crippen MR) is 67.6 cm³/mol. The van der Waals surface area contributed by atoms with Gasteiger partial charge in [-0.2, -0.15) is 0 Å². The summed E-state index contributed by atoms with van der Waals surface area (Å²) in [5, 5.41) is 10.4. The van der Waals surface area contributed by atoms with Crippen LogP contribution in [-0.4, -0.2) is 17.9 Å². The standard InChI is InChI=1S/C13H11F2N3O/c1-19-13-9(3-2-6-17-13)12(16)18-11-5-4-8(14)7-10(11)15/h2-7H,1H3,(H2,16,18). The molecule has 2 rings (SSSR count). The number of hydrogen-bond acceptors (Lipinski definition) is 3. The molecule has 0 spiro atoms. The van der Waals surface area contributed by atoms with Crippen LogP contribution in [0, 0.1) is 17.0 Å². The Labute approximate surface area is 108 Å². The number of hydrogen-bond donors (Lipinski definition) is 2. The van der Waals surface area contributed by atoms with Crippen molar-refractivity contribution in [1.29, 1.82) is 5.41 Å². The maximum absolute atomic E-state index is 13.5. The molecule has 2 N–H and O–H groups in total. The summed E-state index contributed by atoms with van der Waals surface area (Å²) in [5.41, 5.74) is 0.394. The molecule has 0 unspecified atom stereocenters. The first-order valence-electron chi connectivity index (χ1n) is 5.42. The second kappa shape index (κ2) is 5.43. The second-order valence-corrected chi connectivity index (χ2v) is 3.68. The van der Waals surface area contributed by atoms with Gasteiger partial charge in [-0.3, -0.25) is 5.41 Å². The fourth-order valence-corrected chi connectivity index (χ4v) is 1.54. The molecule has 0 fully saturated rings. The van der Waals surface area contributed by atoms with Crippen LogP contribution in [0.2, 0.25) is 0 Å². The molecule has 19 heavy (non-hydrogen) atoms. The maximum atomic E-state index is 13.5. The number of benzene rings is 1. The van der Waals surface area contributed by atoms with Crippen molar-refractivity contribution in [2.75, 3.05) is 12.4 Å². The fraction of sp³-hybridized carbons (Fsp3) is 0.0769. The smallest absolute Gasteiger partial charge is 0.224 e. The first-order valence-corrected chi connectivity index (χ1v) is 5.42. The van der Waals surface area contributed by atoms with Crippen molar-refractivity contribution in [3.05, 3.63) is 53.7 Å². The van der Waals surface area contributed by atoms with Gasteiger partial charge in [0.1, 0.15) is 17.5 Å². The maximum Gasteiger partial charge on any atom is 0.224 e. The van der Waals surface area contributed by atoms with Crippen molar-refractivity contribution in [3.63, 3.8) is 0 Å². The molecular weight excluding hydrogens is 252 g/mol. The second-order valence-electron chi connectivity index (χ2n) is 3.68. The molecule has 0 aliphatic heterocycles. The van der Waals surface area contributed by atoms with E-state index in [0.717, 1.165) is 12.1 Å². The Morgan fingerprint density at radius 2 is 2.11 bits per heavy atom. The minimum atomic E-state index is -0.771. The molecule has 1 aromatic carbocycles. The molecule has 6 heteroatoms. The third kappa shape index (κ3) is 2.85. The van der Waals surface area contributed by atoms with E-state index in [-0.39, 0.29) is 17.4 Å². The van der Waals surface area contributed by atoms with Crippen LogP contribution in [0.15, 0.2) is 36.5 Å². The highest BCUT2D eigenvalue weighted by atomic mass is 19.1. The van der Waals surface area contributed by atoms with Crippen LogP contribution >= 0.6 is 0 Å². The number of nitrogens with one attached hydrogen (secondary N) is 2. The summed E-state index contributed by atoms with van der Waals surface area (Å²) in [6, 6.07) is 6.33. The van der Waals surface area contributed by atoms with Gasteiger partial charge in [-0.1, -0.05) is 0 Å². The molecule has 1 heterocycles. The monoisotopic (exact) mass is 263 g/mol. The number of anilines is 1. The predicted octanol–water partition coefficient (Wildman–Crippen LogP) is 2.81. The number of methoxy groups -OCH3 is 1. The zero-order valence-corrected chi connectivity index (χ0v) is 10.1. The Kier molecular flexibility index (Phi) is 3.70. The van der Waals surface area contributed by atoms with Crippen LogP contribution in [0.25, 0.3) is 0 Å². The molecular formula is C13H11F2N3O. The van der Waals surface area contributed by atoms with Crippen molar-refractivity contribution in [1.82, 2.24) is 4.98 Å². The van der Waals surface area contributed by atoms with Crippen molar-refractivity contribution in [2.24, 2.45) is 0 Å². The van der Waals surface area contributed by atoms with Gasteiger partial charge < -0.3 is 10.1 Å². The van der Waals surface area contributed by atoms with Gasteiger partial charge in [-0.25, -0.2) is 13.8 Å². The molecule has 0 atom stereocenters.